The summed E-state index contributed by atoms with van der Waals surface area (Å²) in [6, 6.07) is 21.5. The van der Waals surface area contributed by atoms with Gasteiger partial charge >= 0.3 is 0 Å². The number of hydrogen-bond acceptors (Lipinski definition) is 8. The Balaban J connectivity index is 1.20. The molecule has 0 radical (unpaired) electrons. The van der Waals surface area contributed by atoms with Crippen molar-refractivity contribution < 1.29 is 18.4 Å². The third-order valence-electron chi connectivity index (χ3n) is 5.96. The van der Waals surface area contributed by atoms with Crippen molar-refractivity contribution in [2.45, 2.75) is 0 Å². The van der Waals surface area contributed by atoms with E-state index in [1.54, 1.807) is 48.5 Å². The number of nitrogens with zero attached hydrogens (tertiary/aromatic N) is 4. The maximum atomic E-state index is 12.9. The number of anilines is 2. The minimum atomic E-state index is -0.200. The van der Waals surface area contributed by atoms with Gasteiger partial charge in [-0.25, -0.2) is 0 Å². The van der Waals surface area contributed by atoms with E-state index in [9.17, 15) is 14.9 Å². The Hall–Kier alpha value is -4.68. The Kier molecular flexibility index (Phi) is 6.60. The fourth-order valence-corrected chi connectivity index (χ4v) is 4.14. The number of hydrogen-bond donors (Lipinski definition) is 1. The zero-order chi connectivity index (χ0) is 24.9. The number of amides is 1. The number of benzene rings is 2. The summed E-state index contributed by atoms with van der Waals surface area (Å²) in [7, 11) is 0. The Morgan fingerprint density at radius 1 is 0.972 bits per heavy atom. The van der Waals surface area contributed by atoms with Crippen molar-refractivity contribution in [2.75, 3.05) is 42.9 Å². The van der Waals surface area contributed by atoms with Gasteiger partial charge in [0.25, 0.3) is 5.89 Å². The van der Waals surface area contributed by atoms with Gasteiger partial charge in [-0.3, -0.25) is 14.5 Å². The summed E-state index contributed by atoms with van der Waals surface area (Å²) in [5.41, 5.74) is 1.70. The average molecular weight is 482 g/mol. The van der Waals surface area contributed by atoms with Gasteiger partial charge in [0, 0.05) is 37.3 Å². The number of carbonyl (C=O) groups is 2. The van der Waals surface area contributed by atoms with Crippen molar-refractivity contribution in [3.63, 3.8) is 0 Å². The SMILES string of the molecule is N#Cc1nc(-c2ccco2)oc1N1CCN(CC(=O)Nc2ccccc2C(=O)c2ccccc2)CC1. The van der Waals surface area contributed by atoms with Crippen LogP contribution in [0, 0.1) is 11.3 Å². The molecule has 1 fully saturated rings. The minimum absolute atomic E-state index is 0.144. The van der Waals surface area contributed by atoms with Gasteiger partial charge < -0.3 is 19.1 Å². The maximum absolute atomic E-state index is 12.9. The molecular formula is C27H23N5O4. The Morgan fingerprint density at radius 3 is 2.44 bits per heavy atom. The third-order valence-corrected chi connectivity index (χ3v) is 5.96. The largest absolute Gasteiger partial charge is 0.459 e. The van der Waals surface area contributed by atoms with Gasteiger partial charge in [-0.05, 0) is 24.3 Å². The molecule has 0 saturated carbocycles. The lowest BCUT2D eigenvalue weighted by atomic mass is 10.0. The summed E-state index contributed by atoms with van der Waals surface area (Å²) >= 11 is 0. The molecule has 1 N–H and O–H groups in total. The highest BCUT2D eigenvalue weighted by molar-refractivity contribution is 6.13. The molecular weight excluding hydrogens is 458 g/mol. The quantitative estimate of drug-likeness (QED) is 0.396. The summed E-state index contributed by atoms with van der Waals surface area (Å²) in [6.45, 7) is 2.51. The van der Waals surface area contributed by atoms with E-state index in [-0.39, 0.29) is 29.8 Å². The Labute approximate surface area is 207 Å². The van der Waals surface area contributed by atoms with Gasteiger partial charge in [0.1, 0.15) is 6.07 Å². The molecule has 1 saturated heterocycles. The predicted molar refractivity (Wildman–Crippen MR) is 133 cm³/mol. The second kappa shape index (κ2) is 10.3. The minimum Gasteiger partial charge on any atom is -0.459 e. The molecule has 0 aliphatic carbocycles. The summed E-state index contributed by atoms with van der Waals surface area (Å²) in [4.78, 5) is 33.9. The molecule has 4 aromatic rings. The van der Waals surface area contributed by atoms with Crippen LogP contribution in [0.5, 0.6) is 0 Å². The molecule has 180 valence electrons. The van der Waals surface area contributed by atoms with Gasteiger partial charge in [-0.15, -0.1) is 0 Å². The van der Waals surface area contributed by atoms with Crippen LogP contribution in [0.25, 0.3) is 11.7 Å². The van der Waals surface area contributed by atoms with E-state index in [4.69, 9.17) is 8.83 Å². The molecule has 1 amide bonds. The van der Waals surface area contributed by atoms with E-state index >= 15 is 0 Å². The van der Waals surface area contributed by atoms with Crippen LogP contribution < -0.4 is 10.2 Å². The van der Waals surface area contributed by atoms with Crippen molar-refractivity contribution in [3.05, 3.63) is 89.8 Å². The Morgan fingerprint density at radius 2 is 1.72 bits per heavy atom. The van der Waals surface area contributed by atoms with Crippen LogP contribution in [0.15, 0.2) is 81.8 Å². The number of aromatic nitrogens is 1. The molecule has 9 nitrogen and oxygen atoms in total. The highest BCUT2D eigenvalue weighted by Crippen LogP contribution is 2.29. The van der Waals surface area contributed by atoms with Crippen molar-refractivity contribution in [2.24, 2.45) is 0 Å². The average Bonchev–Trinajstić information content (AvgIpc) is 3.60. The first-order valence-corrected chi connectivity index (χ1v) is 11.5. The van der Waals surface area contributed by atoms with Crippen LogP contribution >= 0.6 is 0 Å². The number of carbonyl (C=O) groups excluding carboxylic acids is 2. The summed E-state index contributed by atoms with van der Waals surface area (Å²) in [6.07, 6.45) is 1.52. The molecule has 0 atom stereocenters. The number of rotatable bonds is 7. The first-order valence-electron chi connectivity index (χ1n) is 11.5. The second-order valence-corrected chi connectivity index (χ2v) is 8.31. The van der Waals surface area contributed by atoms with Gasteiger partial charge in [-0.1, -0.05) is 42.5 Å². The predicted octanol–water partition coefficient (Wildman–Crippen LogP) is 3.80. The van der Waals surface area contributed by atoms with E-state index in [0.717, 1.165) is 0 Å². The highest BCUT2D eigenvalue weighted by Gasteiger charge is 2.26. The molecule has 0 unspecified atom stereocenters. The zero-order valence-electron chi connectivity index (χ0n) is 19.4. The molecule has 5 rings (SSSR count). The Bertz CT molecular complexity index is 1400. The van der Waals surface area contributed by atoms with E-state index in [2.05, 4.69) is 16.4 Å². The summed E-state index contributed by atoms with van der Waals surface area (Å²) in [5.74, 6) is 0.779. The number of nitrogens with one attached hydrogen (secondary N) is 1. The second-order valence-electron chi connectivity index (χ2n) is 8.31. The van der Waals surface area contributed by atoms with Gasteiger partial charge in [0.05, 0.1) is 18.5 Å². The lowest BCUT2D eigenvalue weighted by molar-refractivity contribution is -0.117. The first kappa shape index (κ1) is 23.1. The molecule has 0 bridgehead atoms. The standard InChI is InChI=1S/C27H23N5O4/c28-17-22-27(36-26(30-22)23-11-6-16-35-23)32-14-12-31(13-15-32)18-24(33)29-21-10-5-4-9-20(21)25(34)19-7-2-1-3-8-19/h1-11,16H,12-15,18H2,(H,29,33). The van der Waals surface area contributed by atoms with Crippen LogP contribution in [-0.2, 0) is 4.79 Å². The first-order chi connectivity index (χ1) is 17.6. The lowest BCUT2D eigenvalue weighted by Gasteiger charge is -2.34. The number of piperazine rings is 1. The molecule has 2 aromatic carbocycles. The molecule has 36 heavy (non-hydrogen) atoms. The number of oxazole rings is 1. The molecule has 2 aromatic heterocycles. The van der Waals surface area contributed by atoms with E-state index < -0.39 is 0 Å². The highest BCUT2D eigenvalue weighted by atomic mass is 16.4. The van der Waals surface area contributed by atoms with Crippen molar-refractivity contribution in [3.8, 4) is 17.7 Å². The molecule has 0 spiro atoms. The van der Waals surface area contributed by atoms with E-state index in [0.29, 0.717) is 54.6 Å². The number of nitriles is 1. The van der Waals surface area contributed by atoms with Crippen molar-refractivity contribution in [1.82, 2.24) is 9.88 Å². The van der Waals surface area contributed by atoms with Gasteiger partial charge in [-0.2, -0.15) is 10.2 Å². The molecule has 1 aliphatic heterocycles. The smallest absolute Gasteiger partial charge is 0.266 e. The van der Waals surface area contributed by atoms with Crippen molar-refractivity contribution in [1.29, 1.82) is 5.26 Å². The molecule has 3 heterocycles. The number of para-hydroxylation sites is 1. The van der Waals surface area contributed by atoms with Gasteiger partial charge in [0.15, 0.2) is 11.5 Å². The molecule has 1 aliphatic rings. The van der Waals surface area contributed by atoms with Crippen LogP contribution in [0.4, 0.5) is 11.6 Å². The van der Waals surface area contributed by atoms with Crippen LogP contribution in [-0.4, -0.2) is 54.3 Å². The monoisotopic (exact) mass is 481 g/mol. The zero-order valence-corrected chi connectivity index (χ0v) is 19.4. The summed E-state index contributed by atoms with van der Waals surface area (Å²) < 4.78 is 11.1. The normalized spacial score (nSPS) is 13.8. The van der Waals surface area contributed by atoms with Crippen LogP contribution in [0.3, 0.4) is 0 Å². The van der Waals surface area contributed by atoms with Crippen LogP contribution in [0.2, 0.25) is 0 Å². The van der Waals surface area contributed by atoms with Gasteiger partial charge in [0.2, 0.25) is 17.5 Å². The fourth-order valence-electron chi connectivity index (χ4n) is 4.14. The van der Waals surface area contributed by atoms with Crippen LogP contribution in [0.1, 0.15) is 21.6 Å². The maximum Gasteiger partial charge on any atom is 0.266 e. The van der Waals surface area contributed by atoms with Crippen molar-refractivity contribution >= 4 is 23.3 Å². The topological polar surface area (TPSA) is 116 Å². The molecule has 9 heteroatoms. The fraction of sp³-hybridized carbons (Fsp3) is 0.185. The number of ketones is 1. The summed E-state index contributed by atoms with van der Waals surface area (Å²) in [5, 5.41) is 12.4. The van der Waals surface area contributed by atoms with E-state index in [1.807, 2.05) is 28.0 Å². The third kappa shape index (κ3) is 4.89. The van der Waals surface area contributed by atoms with E-state index in [1.165, 1.54) is 6.26 Å². The lowest BCUT2D eigenvalue weighted by Crippen LogP contribution is -2.48. The number of furan rings is 1.